The summed E-state index contributed by atoms with van der Waals surface area (Å²) < 4.78 is 5.18. The SMILES string of the molecule is CCNC(=NCCN(CC)CC)NCCc1ccc(OC)cc1.I. The normalized spacial score (nSPS) is 11.1. The largest absolute Gasteiger partial charge is 0.497 e. The Morgan fingerprint density at radius 3 is 2.29 bits per heavy atom. The summed E-state index contributed by atoms with van der Waals surface area (Å²) in [5, 5.41) is 6.69. The van der Waals surface area contributed by atoms with Crippen LogP contribution in [0.25, 0.3) is 0 Å². The topological polar surface area (TPSA) is 48.9 Å². The van der Waals surface area contributed by atoms with Gasteiger partial charge in [-0.3, -0.25) is 4.99 Å². The molecule has 5 nitrogen and oxygen atoms in total. The van der Waals surface area contributed by atoms with Gasteiger partial charge in [0, 0.05) is 19.6 Å². The van der Waals surface area contributed by atoms with Crippen LogP contribution in [0.2, 0.25) is 0 Å². The van der Waals surface area contributed by atoms with Crippen LogP contribution in [0.1, 0.15) is 26.3 Å². The Balaban J connectivity index is 0.00000529. The highest BCUT2D eigenvalue weighted by Gasteiger charge is 2.00. The molecule has 0 unspecified atom stereocenters. The maximum atomic E-state index is 5.18. The second kappa shape index (κ2) is 14.3. The van der Waals surface area contributed by atoms with Crippen molar-refractivity contribution in [2.45, 2.75) is 27.2 Å². The van der Waals surface area contributed by atoms with Crippen LogP contribution in [0.4, 0.5) is 0 Å². The molecule has 0 amide bonds. The number of rotatable bonds is 10. The first-order valence-electron chi connectivity index (χ1n) is 8.60. The van der Waals surface area contributed by atoms with Crippen molar-refractivity contribution in [2.24, 2.45) is 4.99 Å². The van der Waals surface area contributed by atoms with Crippen LogP contribution in [-0.4, -0.2) is 57.2 Å². The van der Waals surface area contributed by atoms with Gasteiger partial charge < -0.3 is 20.3 Å². The van der Waals surface area contributed by atoms with Crippen molar-refractivity contribution >= 4 is 29.9 Å². The zero-order valence-corrected chi connectivity index (χ0v) is 17.8. The molecule has 0 aliphatic heterocycles. The van der Waals surface area contributed by atoms with Gasteiger partial charge in [0.05, 0.1) is 13.7 Å². The molecule has 0 atom stereocenters. The van der Waals surface area contributed by atoms with Gasteiger partial charge in [-0.15, -0.1) is 24.0 Å². The predicted molar refractivity (Wildman–Crippen MR) is 114 cm³/mol. The number of nitrogens with one attached hydrogen (secondary N) is 2. The molecule has 0 bridgehead atoms. The molecule has 0 fully saturated rings. The van der Waals surface area contributed by atoms with E-state index in [0.29, 0.717) is 0 Å². The van der Waals surface area contributed by atoms with Crippen molar-refractivity contribution in [3.63, 3.8) is 0 Å². The minimum absolute atomic E-state index is 0. The van der Waals surface area contributed by atoms with Crippen molar-refractivity contribution in [3.8, 4) is 5.75 Å². The minimum atomic E-state index is 0. The van der Waals surface area contributed by atoms with Crippen LogP contribution >= 0.6 is 24.0 Å². The molecule has 24 heavy (non-hydrogen) atoms. The summed E-state index contributed by atoms with van der Waals surface area (Å²) in [5.74, 6) is 1.79. The molecule has 0 aliphatic rings. The fourth-order valence-electron chi connectivity index (χ4n) is 2.30. The third kappa shape index (κ3) is 9.32. The summed E-state index contributed by atoms with van der Waals surface area (Å²) in [6.07, 6.45) is 0.963. The van der Waals surface area contributed by atoms with E-state index in [4.69, 9.17) is 4.74 Å². The Bertz CT molecular complexity index is 447. The highest BCUT2D eigenvalue weighted by molar-refractivity contribution is 14.0. The number of hydrogen-bond donors (Lipinski definition) is 2. The molecule has 0 radical (unpaired) electrons. The Kier molecular flexibility index (Phi) is 13.7. The molecule has 1 aromatic carbocycles. The van der Waals surface area contributed by atoms with E-state index in [0.717, 1.165) is 57.4 Å². The van der Waals surface area contributed by atoms with E-state index in [-0.39, 0.29) is 24.0 Å². The summed E-state index contributed by atoms with van der Waals surface area (Å²) >= 11 is 0. The van der Waals surface area contributed by atoms with Crippen molar-refractivity contribution in [1.29, 1.82) is 0 Å². The Morgan fingerprint density at radius 2 is 1.75 bits per heavy atom. The van der Waals surface area contributed by atoms with E-state index in [1.807, 2.05) is 12.1 Å². The van der Waals surface area contributed by atoms with Gasteiger partial charge in [0.25, 0.3) is 0 Å². The lowest BCUT2D eigenvalue weighted by molar-refractivity contribution is 0.313. The molecular weight excluding hydrogens is 415 g/mol. The lowest BCUT2D eigenvalue weighted by Crippen LogP contribution is -2.39. The molecular formula is C18H33IN4O. The first-order valence-corrected chi connectivity index (χ1v) is 8.60. The number of guanidine groups is 1. The molecule has 1 rings (SSSR count). The molecule has 0 saturated carbocycles. The standard InChI is InChI=1S/C18H32N4O.HI/c1-5-19-18(21-14-15-22(6-2)7-3)20-13-12-16-8-10-17(23-4)11-9-16;/h8-11H,5-7,12-15H2,1-4H3,(H2,19,20,21);1H. The summed E-state index contributed by atoms with van der Waals surface area (Å²) in [5.41, 5.74) is 1.29. The van der Waals surface area contributed by atoms with Crippen LogP contribution in [-0.2, 0) is 6.42 Å². The maximum Gasteiger partial charge on any atom is 0.191 e. The fourth-order valence-corrected chi connectivity index (χ4v) is 2.30. The highest BCUT2D eigenvalue weighted by atomic mass is 127. The van der Waals surface area contributed by atoms with Gasteiger partial charge in [0.1, 0.15) is 5.75 Å². The van der Waals surface area contributed by atoms with Gasteiger partial charge in [-0.1, -0.05) is 26.0 Å². The summed E-state index contributed by atoms with van der Waals surface area (Å²) in [7, 11) is 1.69. The Hall–Kier alpha value is -1.02. The predicted octanol–water partition coefficient (Wildman–Crippen LogP) is 2.75. The van der Waals surface area contributed by atoms with Crippen molar-refractivity contribution in [3.05, 3.63) is 29.8 Å². The number of benzene rings is 1. The van der Waals surface area contributed by atoms with E-state index >= 15 is 0 Å². The zero-order chi connectivity index (χ0) is 16.9. The summed E-state index contributed by atoms with van der Waals surface area (Å²) in [6, 6.07) is 8.20. The zero-order valence-electron chi connectivity index (χ0n) is 15.5. The fraction of sp³-hybridized carbons (Fsp3) is 0.611. The average Bonchev–Trinajstić information content (AvgIpc) is 2.59. The number of halogens is 1. The lowest BCUT2D eigenvalue weighted by Gasteiger charge is -2.17. The molecule has 1 aromatic rings. The number of methoxy groups -OCH3 is 1. The van der Waals surface area contributed by atoms with Gasteiger partial charge in [-0.25, -0.2) is 0 Å². The number of aliphatic imine (C=N–C) groups is 1. The molecule has 0 spiro atoms. The van der Waals surface area contributed by atoms with Crippen LogP contribution in [0.3, 0.4) is 0 Å². The van der Waals surface area contributed by atoms with Crippen LogP contribution < -0.4 is 15.4 Å². The van der Waals surface area contributed by atoms with Crippen LogP contribution in [0.15, 0.2) is 29.3 Å². The van der Waals surface area contributed by atoms with Gasteiger partial charge in [-0.2, -0.15) is 0 Å². The first kappa shape index (κ1) is 23.0. The second-order valence-corrected chi connectivity index (χ2v) is 5.31. The maximum absolute atomic E-state index is 5.18. The Labute approximate surface area is 164 Å². The van der Waals surface area contributed by atoms with Gasteiger partial charge in [0.15, 0.2) is 5.96 Å². The van der Waals surface area contributed by atoms with Crippen LogP contribution in [0.5, 0.6) is 5.75 Å². The summed E-state index contributed by atoms with van der Waals surface area (Å²) in [4.78, 5) is 7.02. The molecule has 0 aliphatic carbocycles. The number of hydrogen-bond acceptors (Lipinski definition) is 3. The second-order valence-electron chi connectivity index (χ2n) is 5.31. The van der Waals surface area contributed by atoms with Gasteiger partial charge in [-0.05, 0) is 44.1 Å². The first-order chi connectivity index (χ1) is 11.2. The van der Waals surface area contributed by atoms with E-state index in [1.165, 1.54) is 5.56 Å². The molecule has 138 valence electrons. The summed E-state index contributed by atoms with van der Waals surface area (Å²) in [6.45, 7) is 12.2. The van der Waals surface area contributed by atoms with Crippen molar-refractivity contribution in [2.75, 3.05) is 46.4 Å². The molecule has 0 heterocycles. The lowest BCUT2D eigenvalue weighted by atomic mass is 10.1. The van der Waals surface area contributed by atoms with Crippen molar-refractivity contribution in [1.82, 2.24) is 15.5 Å². The van der Waals surface area contributed by atoms with Gasteiger partial charge >= 0.3 is 0 Å². The smallest absolute Gasteiger partial charge is 0.191 e. The van der Waals surface area contributed by atoms with E-state index in [1.54, 1.807) is 7.11 Å². The molecule has 6 heteroatoms. The minimum Gasteiger partial charge on any atom is -0.497 e. The number of nitrogens with zero attached hydrogens (tertiary/aromatic N) is 2. The highest BCUT2D eigenvalue weighted by Crippen LogP contribution is 2.11. The number of likely N-dealkylation sites (N-methyl/N-ethyl adjacent to an activating group) is 1. The number of ether oxygens (including phenoxy) is 1. The van der Waals surface area contributed by atoms with E-state index < -0.39 is 0 Å². The molecule has 2 N–H and O–H groups in total. The van der Waals surface area contributed by atoms with E-state index in [9.17, 15) is 0 Å². The third-order valence-electron chi connectivity index (χ3n) is 3.79. The van der Waals surface area contributed by atoms with Gasteiger partial charge in [0.2, 0.25) is 0 Å². The molecule has 0 saturated heterocycles. The van der Waals surface area contributed by atoms with E-state index in [2.05, 4.69) is 53.4 Å². The third-order valence-corrected chi connectivity index (χ3v) is 3.79. The quantitative estimate of drug-likeness (QED) is 0.329. The van der Waals surface area contributed by atoms with Crippen molar-refractivity contribution < 1.29 is 4.74 Å². The average molecular weight is 448 g/mol. The van der Waals surface area contributed by atoms with Crippen LogP contribution in [0, 0.1) is 0 Å². The monoisotopic (exact) mass is 448 g/mol. The Morgan fingerprint density at radius 1 is 1.08 bits per heavy atom. The molecule has 0 aromatic heterocycles.